The molecule has 0 radical (unpaired) electrons. The lowest BCUT2D eigenvalue weighted by Gasteiger charge is -2.12. The number of amidine groups is 1. The number of halogens is 2. The van der Waals surface area contributed by atoms with Gasteiger partial charge in [-0.05, 0) is 50.1 Å². The van der Waals surface area contributed by atoms with Gasteiger partial charge >= 0.3 is 0 Å². The molecule has 104 valence electrons. The predicted octanol–water partition coefficient (Wildman–Crippen LogP) is 3.69. The summed E-state index contributed by atoms with van der Waals surface area (Å²) >= 11 is 6.80. The number of nitrogens with one attached hydrogen (secondary N) is 1. The Morgan fingerprint density at radius 3 is 2.50 bits per heavy atom. The first-order valence-corrected chi connectivity index (χ1v) is 7.11. The molecule has 0 bridgehead atoms. The van der Waals surface area contributed by atoms with E-state index in [-0.39, 0.29) is 5.84 Å². The predicted molar refractivity (Wildman–Crippen MR) is 83.7 cm³/mol. The lowest BCUT2D eigenvalue weighted by Crippen LogP contribution is -2.12. The Bertz CT molecular complexity index is 662. The molecule has 0 spiro atoms. The van der Waals surface area contributed by atoms with Gasteiger partial charge < -0.3 is 15.2 Å². The van der Waals surface area contributed by atoms with Crippen LogP contribution in [0.15, 0.2) is 39.5 Å². The molecule has 0 unspecified atom stereocenters. The Hall–Kier alpha value is -1.60. The number of ether oxygens (including phenoxy) is 2. The number of pyridine rings is 1. The topological polar surface area (TPSA) is 81.2 Å². The van der Waals surface area contributed by atoms with E-state index in [0.717, 1.165) is 8.95 Å². The molecule has 3 N–H and O–H groups in total. The van der Waals surface area contributed by atoms with Gasteiger partial charge in [0, 0.05) is 6.20 Å². The molecule has 0 fully saturated rings. The SMILES string of the molecule is COc1cc(Br)c(Oc2cnccc2C(=N)N)cc1Br. The second-order valence-corrected chi connectivity index (χ2v) is 5.51. The van der Waals surface area contributed by atoms with Crippen LogP contribution in [0.1, 0.15) is 5.56 Å². The Labute approximate surface area is 132 Å². The van der Waals surface area contributed by atoms with Crippen molar-refractivity contribution in [3.05, 3.63) is 45.1 Å². The van der Waals surface area contributed by atoms with Crippen molar-refractivity contribution in [1.29, 1.82) is 5.41 Å². The highest BCUT2D eigenvalue weighted by Gasteiger charge is 2.12. The van der Waals surface area contributed by atoms with Gasteiger partial charge in [-0.3, -0.25) is 10.4 Å². The van der Waals surface area contributed by atoms with E-state index in [4.69, 9.17) is 20.6 Å². The summed E-state index contributed by atoms with van der Waals surface area (Å²) in [5.41, 5.74) is 6.00. The number of nitrogens with zero attached hydrogens (tertiary/aromatic N) is 1. The molecule has 1 aromatic carbocycles. The molecule has 0 aliphatic carbocycles. The smallest absolute Gasteiger partial charge is 0.156 e. The van der Waals surface area contributed by atoms with Crippen LogP contribution in [0.25, 0.3) is 0 Å². The summed E-state index contributed by atoms with van der Waals surface area (Å²) in [5, 5.41) is 7.53. The van der Waals surface area contributed by atoms with Gasteiger partial charge in [0.1, 0.15) is 17.3 Å². The van der Waals surface area contributed by atoms with E-state index < -0.39 is 0 Å². The summed E-state index contributed by atoms with van der Waals surface area (Å²) in [7, 11) is 1.59. The summed E-state index contributed by atoms with van der Waals surface area (Å²) in [6.07, 6.45) is 3.07. The molecule has 20 heavy (non-hydrogen) atoms. The van der Waals surface area contributed by atoms with Crippen molar-refractivity contribution in [2.24, 2.45) is 5.73 Å². The van der Waals surface area contributed by atoms with Crippen molar-refractivity contribution in [3.8, 4) is 17.2 Å². The number of benzene rings is 1. The number of methoxy groups -OCH3 is 1. The van der Waals surface area contributed by atoms with Gasteiger partial charge in [-0.2, -0.15) is 0 Å². The van der Waals surface area contributed by atoms with Crippen molar-refractivity contribution in [2.75, 3.05) is 7.11 Å². The summed E-state index contributed by atoms with van der Waals surface area (Å²) in [4.78, 5) is 3.98. The zero-order chi connectivity index (χ0) is 14.7. The Morgan fingerprint density at radius 1 is 1.20 bits per heavy atom. The highest BCUT2D eigenvalue weighted by Crippen LogP contribution is 2.38. The van der Waals surface area contributed by atoms with Gasteiger partial charge in [-0.1, -0.05) is 0 Å². The van der Waals surface area contributed by atoms with Gasteiger partial charge in [-0.25, -0.2) is 0 Å². The average molecular weight is 401 g/mol. The number of aromatic nitrogens is 1. The first kappa shape index (κ1) is 14.8. The molecule has 1 aromatic heterocycles. The highest BCUT2D eigenvalue weighted by molar-refractivity contribution is 9.11. The lowest BCUT2D eigenvalue weighted by atomic mass is 10.2. The van der Waals surface area contributed by atoms with E-state index in [0.29, 0.717) is 22.8 Å². The maximum absolute atomic E-state index is 7.53. The monoisotopic (exact) mass is 399 g/mol. The van der Waals surface area contributed by atoms with Crippen LogP contribution in [0.2, 0.25) is 0 Å². The number of rotatable bonds is 4. The molecule has 0 saturated carbocycles. The molecule has 0 aliphatic rings. The van der Waals surface area contributed by atoms with E-state index in [2.05, 4.69) is 36.8 Å². The second-order valence-electron chi connectivity index (χ2n) is 3.80. The van der Waals surface area contributed by atoms with E-state index in [1.54, 1.807) is 31.5 Å². The van der Waals surface area contributed by atoms with Crippen LogP contribution >= 0.6 is 31.9 Å². The first-order chi connectivity index (χ1) is 9.52. The molecular formula is C13H11Br2N3O2. The normalized spacial score (nSPS) is 10.2. The Balaban J connectivity index is 2.40. The number of nitrogens with two attached hydrogens (primary N) is 1. The standard InChI is InChI=1S/C13H11Br2N3O2/c1-19-10-4-9(15)11(5-8(10)14)20-12-6-18-3-2-7(12)13(16)17/h2-6H,1H3,(H3,16,17). The zero-order valence-corrected chi connectivity index (χ0v) is 13.7. The summed E-state index contributed by atoms with van der Waals surface area (Å²) in [5.74, 6) is 1.58. The first-order valence-electron chi connectivity index (χ1n) is 5.52. The van der Waals surface area contributed by atoms with E-state index in [1.165, 1.54) is 6.20 Å². The van der Waals surface area contributed by atoms with Crippen LogP contribution in [-0.4, -0.2) is 17.9 Å². The van der Waals surface area contributed by atoms with E-state index in [9.17, 15) is 0 Å². The molecule has 1 heterocycles. The third kappa shape index (κ3) is 3.10. The Morgan fingerprint density at radius 2 is 1.85 bits per heavy atom. The summed E-state index contributed by atoms with van der Waals surface area (Å²) in [6, 6.07) is 5.17. The minimum absolute atomic E-state index is 0.0777. The summed E-state index contributed by atoms with van der Waals surface area (Å²) in [6.45, 7) is 0. The largest absolute Gasteiger partial charge is 0.496 e. The third-order valence-corrected chi connectivity index (χ3v) is 3.74. The van der Waals surface area contributed by atoms with Crippen LogP contribution < -0.4 is 15.2 Å². The molecular weight excluding hydrogens is 390 g/mol. The lowest BCUT2D eigenvalue weighted by molar-refractivity contribution is 0.409. The van der Waals surface area contributed by atoms with Crippen molar-refractivity contribution >= 4 is 37.7 Å². The summed E-state index contributed by atoms with van der Waals surface area (Å²) < 4.78 is 12.4. The van der Waals surface area contributed by atoms with Crippen LogP contribution in [-0.2, 0) is 0 Å². The van der Waals surface area contributed by atoms with Crippen LogP contribution in [0.3, 0.4) is 0 Å². The molecule has 0 amide bonds. The molecule has 0 saturated heterocycles. The van der Waals surface area contributed by atoms with Crippen LogP contribution in [0.4, 0.5) is 0 Å². The highest BCUT2D eigenvalue weighted by atomic mass is 79.9. The van der Waals surface area contributed by atoms with E-state index >= 15 is 0 Å². The number of hydrogen-bond donors (Lipinski definition) is 2. The van der Waals surface area contributed by atoms with Gasteiger partial charge in [0.2, 0.25) is 0 Å². The zero-order valence-electron chi connectivity index (χ0n) is 10.5. The molecule has 5 nitrogen and oxygen atoms in total. The molecule has 0 aliphatic heterocycles. The third-order valence-electron chi connectivity index (χ3n) is 2.50. The van der Waals surface area contributed by atoms with Gasteiger partial charge in [0.05, 0.1) is 27.8 Å². The minimum Gasteiger partial charge on any atom is -0.496 e. The van der Waals surface area contributed by atoms with E-state index in [1.807, 2.05) is 0 Å². The molecule has 2 rings (SSSR count). The molecule has 7 heteroatoms. The average Bonchev–Trinajstić information content (AvgIpc) is 2.42. The van der Waals surface area contributed by atoms with Crippen LogP contribution in [0, 0.1) is 5.41 Å². The van der Waals surface area contributed by atoms with Gasteiger partial charge in [0.15, 0.2) is 5.75 Å². The van der Waals surface area contributed by atoms with Crippen molar-refractivity contribution in [2.45, 2.75) is 0 Å². The van der Waals surface area contributed by atoms with Crippen molar-refractivity contribution < 1.29 is 9.47 Å². The van der Waals surface area contributed by atoms with Gasteiger partial charge in [0.25, 0.3) is 0 Å². The number of hydrogen-bond acceptors (Lipinski definition) is 4. The maximum atomic E-state index is 7.53. The quantitative estimate of drug-likeness (QED) is 0.605. The Kier molecular flexibility index (Phi) is 4.61. The molecule has 0 atom stereocenters. The van der Waals surface area contributed by atoms with Crippen LogP contribution in [0.5, 0.6) is 17.2 Å². The molecule has 2 aromatic rings. The van der Waals surface area contributed by atoms with Crippen molar-refractivity contribution in [1.82, 2.24) is 4.98 Å². The fraction of sp³-hybridized carbons (Fsp3) is 0.0769. The fourth-order valence-electron chi connectivity index (χ4n) is 1.55. The minimum atomic E-state index is -0.0777. The maximum Gasteiger partial charge on any atom is 0.156 e. The second kappa shape index (κ2) is 6.23. The van der Waals surface area contributed by atoms with Gasteiger partial charge in [-0.15, -0.1) is 0 Å². The number of nitrogen functional groups attached to an aromatic ring is 1. The van der Waals surface area contributed by atoms with Crippen molar-refractivity contribution in [3.63, 3.8) is 0 Å². The fourth-order valence-corrected chi connectivity index (χ4v) is 2.43.